The van der Waals surface area contributed by atoms with Crippen LogP contribution < -0.4 is 0 Å². The van der Waals surface area contributed by atoms with Crippen molar-refractivity contribution in [2.75, 3.05) is 0 Å². The van der Waals surface area contributed by atoms with Crippen LogP contribution in [0.4, 0.5) is 8.78 Å². The minimum atomic E-state index is -1.30. The fraction of sp³-hybridized carbons (Fsp3) is 0. The number of fused-ring (bicyclic) bond motifs is 1. The molecule has 2 aromatic heterocycles. The van der Waals surface area contributed by atoms with Gasteiger partial charge in [-0.1, -0.05) is 23.7 Å². The number of ketones is 1. The van der Waals surface area contributed by atoms with E-state index in [2.05, 4.69) is 0 Å². The second kappa shape index (κ2) is 7.67. The van der Waals surface area contributed by atoms with E-state index in [-0.39, 0.29) is 44.1 Å². The number of rotatable bonds is 4. The highest BCUT2D eigenvalue weighted by Crippen LogP contribution is 2.34. The molecule has 4 aromatic rings. The molecule has 2 aromatic carbocycles. The van der Waals surface area contributed by atoms with Crippen molar-refractivity contribution in [1.82, 2.24) is 4.40 Å². The fourth-order valence-electron chi connectivity index (χ4n) is 3.44. The molecule has 0 radical (unpaired) electrons. The number of benzene rings is 2. The number of nitrogens with zero attached hydrogens (tertiary/aromatic N) is 2. The summed E-state index contributed by atoms with van der Waals surface area (Å²) in [5, 5.41) is 18.5. The van der Waals surface area contributed by atoms with E-state index in [9.17, 15) is 23.6 Å². The van der Waals surface area contributed by atoms with Crippen molar-refractivity contribution in [1.29, 1.82) is 5.26 Å². The molecule has 0 unspecified atom stereocenters. The Labute approximate surface area is 179 Å². The Bertz CT molecular complexity index is 1420. The molecular formula is C23H11ClF2N2O3. The highest BCUT2D eigenvalue weighted by Gasteiger charge is 2.25. The Hall–Kier alpha value is -4.02. The lowest BCUT2D eigenvalue weighted by atomic mass is 10.0. The molecule has 1 N–H and O–H groups in total. The van der Waals surface area contributed by atoms with Gasteiger partial charge in [0.05, 0.1) is 32.9 Å². The van der Waals surface area contributed by atoms with E-state index in [0.717, 1.165) is 12.1 Å². The lowest BCUT2D eigenvalue weighted by molar-refractivity contribution is 0.0696. The SMILES string of the molecule is N#Cc1cccn2c(C(=O)c3c(F)cccc3Cl)cc(-c3ccc(C(=O)O)cc3F)c12. The molecule has 0 spiro atoms. The summed E-state index contributed by atoms with van der Waals surface area (Å²) in [4.78, 5) is 24.3. The van der Waals surface area contributed by atoms with Crippen molar-refractivity contribution in [3.05, 3.63) is 99.8 Å². The number of carboxylic acid groups (broad SMARTS) is 1. The van der Waals surface area contributed by atoms with Crippen molar-refractivity contribution >= 4 is 28.9 Å². The van der Waals surface area contributed by atoms with Crippen LogP contribution in [0, 0.1) is 23.0 Å². The molecule has 0 aliphatic carbocycles. The first kappa shape index (κ1) is 20.3. The summed E-state index contributed by atoms with van der Waals surface area (Å²) in [6.07, 6.45) is 1.49. The lowest BCUT2D eigenvalue weighted by Crippen LogP contribution is -2.08. The number of carboxylic acids is 1. The van der Waals surface area contributed by atoms with Crippen LogP contribution in [0.15, 0.2) is 60.8 Å². The van der Waals surface area contributed by atoms with Gasteiger partial charge in [-0.15, -0.1) is 0 Å². The fourth-order valence-corrected chi connectivity index (χ4v) is 3.69. The van der Waals surface area contributed by atoms with Gasteiger partial charge in [0.15, 0.2) is 0 Å². The highest BCUT2D eigenvalue weighted by atomic mass is 35.5. The van der Waals surface area contributed by atoms with Gasteiger partial charge in [0, 0.05) is 17.3 Å². The number of carbonyl (C=O) groups is 2. The molecule has 0 aliphatic rings. The second-order valence-electron chi connectivity index (χ2n) is 6.62. The van der Waals surface area contributed by atoms with Gasteiger partial charge in [0.2, 0.25) is 5.78 Å². The molecule has 0 fully saturated rings. The van der Waals surface area contributed by atoms with Crippen molar-refractivity contribution in [2.45, 2.75) is 0 Å². The largest absolute Gasteiger partial charge is 0.478 e. The number of pyridine rings is 1. The predicted octanol–water partition coefficient (Wildman–Crippen LogP) is 5.34. The summed E-state index contributed by atoms with van der Waals surface area (Å²) in [5.74, 6) is -3.71. The number of carbonyl (C=O) groups excluding carboxylic acids is 1. The molecule has 5 nitrogen and oxygen atoms in total. The number of aromatic carboxylic acids is 1. The van der Waals surface area contributed by atoms with Crippen LogP contribution in [0.5, 0.6) is 0 Å². The first-order valence-corrected chi connectivity index (χ1v) is 9.27. The molecule has 0 saturated carbocycles. The van der Waals surface area contributed by atoms with Crippen LogP contribution in [-0.4, -0.2) is 21.3 Å². The summed E-state index contributed by atoms with van der Waals surface area (Å²) in [5.41, 5.74) is -0.0818. The number of aromatic nitrogens is 1. The topological polar surface area (TPSA) is 82.6 Å². The van der Waals surface area contributed by atoms with Crippen LogP contribution in [0.3, 0.4) is 0 Å². The third-order valence-corrected chi connectivity index (χ3v) is 5.15. The standard InChI is InChI=1S/C23H11ClF2N2O3/c24-16-4-1-5-17(25)20(16)22(29)19-10-15(21-13(11-27)3-2-8-28(19)21)14-7-6-12(23(30)31)9-18(14)26/h1-10H,(H,30,31). The lowest BCUT2D eigenvalue weighted by Gasteiger charge is -2.06. The Morgan fingerprint density at radius 2 is 1.77 bits per heavy atom. The molecule has 152 valence electrons. The summed E-state index contributed by atoms with van der Waals surface area (Å²) >= 11 is 6.04. The first-order chi connectivity index (χ1) is 14.8. The van der Waals surface area contributed by atoms with Gasteiger partial charge in [-0.25, -0.2) is 13.6 Å². The average Bonchev–Trinajstić information content (AvgIpc) is 3.13. The van der Waals surface area contributed by atoms with Crippen LogP contribution >= 0.6 is 11.6 Å². The van der Waals surface area contributed by atoms with Crippen LogP contribution in [0.25, 0.3) is 16.6 Å². The maximum atomic E-state index is 14.8. The molecule has 0 amide bonds. The van der Waals surface area contributed by atoms with Gasteiger partial charge in [-0.2, -0.15) is 5.26 Å². The monoisotopic (exact) mass is 436 g/mol. The Balaban J connectivity index is 2.02. The molecule has 0 saturated heterocycles. The maximum Gasteiger partial charge on any atom is 0.335 e. The van der Waals surface area contributed by atoms with Gasteiger partial charge in [-0.05, 0) is 42.5 Å². The van der Waals surface area contributed by atoms with Crippen molar-refractivity contribution in [2.24, 2.45) is 0 Å². The van der Waals surface area contributed by atoms with Crippen molar-refractivity contribution < 1.29 is 23.5 Å². The van der Waals surface area contributed by atoms with E-state index in [0.29, 0.717) is 0 Å². The molecule has 0 aliphatic heterocycles. The third-order valence-electron chi connectivity index (χ3n) is 4.84. The predicted molar refractivity (Wildman–Crippen MR) is 109 cm³/mol. The highest BCUT2D eigenvalue weighted by molar-refractivity contribution is 6.35. The first-order valence-electron chi connectivity index (χ1n) is 8.89. The van der Waals surface area contributed by atoms with E-state index < -0.39 is 23.4 Å². The number of nitriles is 1. The maximum absolute atomic E-state index is 14.8. The summed E-state index contributed by atoms with van der Waals surface area (Å²) < 4.78 is 30.5. The Morgan fingerprint density at radius 3 is 2.42 bits per heavy atom. The zero-order valence-corrected chi connectivity index (χ0v) is 16.3. The Morgan fingerprint density at radius 1 is 1.00 bits per heavy atom. The van der Waals surface area contributed by atoms with Gasteiger partial charge >= 0.3 is 5.97 Å². The van der Waals surface area contributed by atoms with E-state index in [1.165, 1.54) is 53.1 Å². The molecule has 31 heavy (non-hydrogen) atoms. The van der Waals surface area contributed by atoms with Crippen LogP contribution in [0.1, 0.15) is 32.0 Å². The molecular weight excluding hydrogens is 426 g/mol. The zero-order chi connectivity index (χ0) is 22.3. The van der Waals surface area contributed by atoms with Crippen molar-refractivity contribution in [3.8, 4) is 17.2 Å². The zero-order valence-electron chi connectivity index (χ0n) is 15.6. The summed E-state index contributed by atoms with van der Waals surface area (Å²) in [6, 6.07) is 13.5. The summed E-state index contributed by atoms with van der Waals surface area (Å²) in [7, 11) is 0. The van der Waals surface area contributed by atoms with E-state index in [1.807, 2.05) is 6.07 Å². The van der Waals surface area contributed by atoms with E-state index in [4.69, 9.17) is 16.7 Å². The Kier molecular flexibility index (Phi) is 5.01. The molecule has 8 heteroatoms. The van der Waals surface area contributed by atoms with Crippen molar-refractivity contribution in [3.63, 3.8) is 0 Å². The third kappa shape index (κ3) is 3.33. The minimum Gasteiger partial charge on any atom is -0.478 e. The number of hydrogen-bond acceptors (Lipinski definition) is 3. The molecule has 2 heterocycles. The molecule has 0 bridgehead atoms. The summed E-state index contributed by atoms with van der Waals surface area (Å²) in [6.45, 7) is 0. The van der Waals surface area contributed by atoms with Gasteiger partial charge in [0.25, 0.3) is 0 Å². The second-order valence-corrected chi connectivity index (χ2v) is 7.03. The smallest absolute Gasteiger partial charge is 0.335 e. The van der Waals surface area contributed by atoms with Gasteiger partial charge in [0.1, 0.15) is 17.7 Å². The van der Waals surface area contributed by atoms with Gasteiger partial charge < -0.3 is 9.51 Å². The van der Waals surface area contributed by atoms with E-state index >= 15 is 0 Å². The molecule has 4 rings (SSSR count). The molecule has 0 atom stereocenters. The number of hydrogen-bond donors (Lipinski definition) is 1. The van der Waals surface area contributed by atoms with E-state index in [1.54, 1.807) is 0 Å². The number of halogens is 3. The quantitative estimate of drug-likeness (QED) is 0.438. The van der Waals surface area contributed by atoms with Gasteiger partial charge in [-0.3, -0.25) is 4.79 Å². The average molecular weight is 437 g/mol. The van der Waals surface area contributed by atoms with Crippen LogP contribution in [-0.2, 0) is 0 Å². The van der Waals surface area contributed by atoms with Crippen LogP contribution in [0.2, 0.25) is 5.02 Å². The normalized spacial score (nSPS) is 10.8. The minimum absolute atomic E-state index is 0.0103.